The zero-order valence-electron chi connectivity index (χ0n) is 33.2. The predicted octanol–water partition coefficient (Wildman–Crippen LogP) is 4.18. The number of anilines is 1. The first-order valence-electron chi connectivity index (χ1n) is 20.9. The molecule has 6 aromatic heterocycles. The highest BCUT2D eigenvalue weighted by atomic mass is 16.5. The summed E-state index contributed by atoms with van der Waals surface area (Å²) < 4.78 is 11.8. The van der Waals surface area contributed by atoms with E-state index in [1.807, 2.05) is 61.6 Å². The van der Waals surface area contributed by atoms with Crippen LogP contribution in [-0.2, 0) is 14.1 Å². The van der Waals surface area contributed by atoms with Crippen molar-refractivity contribution in [2.45, 2.75) is 87.7 Å². The van der Waals surface area contributed by atoms with Crippen molar-refractivity contribution in [1.82, 2.24) is 76.3 Å². The number of H-pyrrole nitrogens is 2. The second kappa shape index (κ2) is 14.0. The van der Waals surface area contributed by atoms with Gasteiger partial charge in [-0.3, -0.25) is 14.5 Å². The number of benzene rings is 2. The van der Waals surface area contributed by atoms with Crippen LogP contribution < -0.4 is 25.4 Å². The van der Waals surface area contributed by atoms with Gasteiger partial charge in [0.15, 0.2) is 0 Å². The molecule has 0 saturated carbocycles. The highest BCUT2D eigenvalue weighted by Gasteiger charge is 2.36. The van der Waals surface area contributed by atoms with Gasteiger partial charge in [-0.1, -0.05) is 21.2 Å². The van der Waals surface area contributed by atoms with E-state index in [0.717, 1.165) is 86.9 Å². The molecule has 302 valence electrons. The molecule has 2 aromatic carbocycles. The number of ether oxygens (including phenoxy) is 1. The smallest absolute Gasteiger partial charge is 0.247 e. The molecule has 4 aliphatic heterocycles. The van der Waals surface area contributed by atoms with Crippen LogP contribution in [0, 0.1) is 0 Å². The van der Waals surface area contributed by atoms with Crippen LogP contribution in [0.15, 0.2) is 67.3 Å². The van der Waals surface area contributed by atoms with Crippen LogP contribution in [0.25, 0.3) is 72.5 Å². The fraction of sp³-hybridized carbons (Fsp3) is 0.381. The topological polar surface area (TPSA) is 207 Å². The van der Waals surface area contributed by atoms with Crippen molar-refractivity contribution in [2.24, 2.45) is 14.1 Å². The molecule has 18 heteroatoms. The third-order valence-electron chi connectivity index (χ3n) is 12.8. The summed E-state index contributed by atoms with van der Waals surface area (Å²) in [5.74, 6) is 1.30. The Morgan fingerprint density at radius 3 is 2.02 bits per heavy atom. The summed E-state index contributed by atoms with van der Waals surface area (Å²) in [5, 5.41) is 60.8. The normalized spacial score (nSPS) is 23.5. The zero-order chi connectivity index (χ0) is 39.9. The minimum Gasteiger partial charge on any atom is -0.473 e. The molecule has 0 amide bonds. The first-order chi connectivity index (χ1) is 29.4. The molecule has 8 aromatic rings. The third-order valence-corrected chi connectivity index (χ3v) is 12.8. The van der Waals surface area contributed by atoms with Gasteiger partial charge in [-0.15, -0.1) is 30.6 Å². The Morgan fingerprint density at radius 2 is 1.35 bits per heavy atom. The first-order valence-corrected chi connectivity index (χ1v) is 20.9. The summed E-state index contributed by atoms with van der Waals surface area (Å²) in [6.45, 7) is 0. The van der Waals surface area contributed by atoms with E-state index in [-0.39, 0.29) is 6.10 Å². The molecule has 4 bridgehead atoms. The van der Waals surface area contributed by atoms with Crippen molar-refractivity contribution >= 4 is 27.6 Å². The standard InChI is InChI=1S/C42H43N17O/c1-57-20-35(49-55-57)28-7-8-29(33-10-12-39(52-47-33)60-27-15-24-5-6-25(16-27)45-24)41-32(28)19-59(54-41)37-17-30(36-21-58(2)56-50-36)31-18-43-53-42(31)40(37)34-9-11-38(51-48-34)46-26-13-22-3-4-23(14-26)44-22/h7-12,17-27,44-45H,3-6,13-16H2,1-2H3,(H2,43,46,47,48,49,50,51,52,53,55,56)/p+1/t22-,23+,24-,25+,26?,27?. The maximum atomic E-state index is 6.37. The average Bonchev–Trinajstić information content (AvgIpc) is 4.13. The number of rotatable bonds is 9. The molecule has 0 radical (unpaired) electrons. The second-order valence-electron chi connectivity index (χ2n) is 17.0. The molecule has 0 aliphatic carbocycles. The van der Waals surface area contributed by atoms with Crippen molar-refractivity contribution in [3.63, 3.8) is 0 Å². The summed E-state index contributed by atoms with van der Waals surface area (Å²) in [6, 6.07) is 16.7. The molecular weight excluding hydrogens is 759 g/mol. The lowest BCUT2D eigenvalue weighted by molar-refractivity contribution is -0.652. The Morgan fingerprint density at radius 1 is 0.667 bits per heavy atom. The highest BCUT2D eigenvalue weighted by Crippen LogP contribution is 2.39. The number of fused-ring (bicyclic) bond motifs is 6. The largest absolute Gasteiger partial charge is 0.473 e. The summed E-state index contributed by atoms with van der Waals surface area (Å²) in [5.41, 5.74) is 8.74. The van der Waals surface area contributed by atoms with Crippen molar-refractivity contribution in [3.05, 3.63) is 67.3 Å². The molecule has 5 N–H and O–H groups in total. The maximum absolute atomic E-state index is 6.37. The summed E-state index contributed by atoms with van der Waals surface area (Å²) in [4.78, 5) is 0. The van der Waals surface area contributed by atoms with Gasteiger partial charge >= 0.3 is 0 Å². The highest BCUT2D eigenvalue weighted by molar-refractivity contribution is 6.05. The summed E-state index contributed by atoms with van der Waals surface area (Å²) >= 11 is 0. The van der Waals surface area contributed by atoms with Gasteiger partial charge < -0.3 is 20.7 Å². The Kier molecular flexibility index (Phi) is 8.22. The van der Waals surface area contributed by atoms with Crippen molar-refractivity contribution in [2.75, 3.05) is 5.32 Å². The van der Waals surface area contributed by atoms with Crippen LogP contribution in [0.2, 0.25) is 0 Å². The number of hydrogen-bond donors (Lipinski definition) is 5. The SMILES string of the molecule is Cn1cc(-c2ccc(-c3ccc(OC4C[C@H]5CC[C@@H](C4)N5)nn3)c3[nH][n+](-c4cc(-c5cn(C)nn5)c5cn[nH]c5c4-c4ccc(NC5C[C@H]6CC[C@@H](C5)N6)nn4)cc23)nn1. The Bertz CT molecular complexity index is 2850. The van der Waals surface area contributed by atoms with Gasteiger partial charge in [0.05, 0.1) is 35.2 Å². The van der Waals surface area contributed by atoms with E-state index >= 15 is 0 Å². The maximum Gasteiger partial charge on any atom is 0.247 e. The number of aryl methyl sites for hydroxylation is 2. The number of piperidine rings is 2. The quantitative estimate of drug-likeness (QED) is 0.130. The van der Waals surface area contributed by atoms with Crippen molar-refractivity contribution < 1.29 is 9.42 Å². The van der Waals surface area contributed by atoms with E-state index in [0.29, 0.717) is 53.2 Å². The molecule has 6 atom stereocenters. The van der Waals surface area contributed by atoms with E-state index in [1.54, 1.807) is 9.36 Å². The molecule has 4 aliphatic rings. The Balaban J connectivity index is 0.975. The molecule has 12 rings (SSSR count). The van der Waals surface area contributed by atoms with E-state index in [1.165, 1.54) is 25.7 Å². The lowest BCUT2D eigenvalue weighted by Gasteiger charge is -2.29. The molecular formula is C42H44N17O+. The van der Waals surface area contributed by atoms with Gasteiger partial charge in [-0.2, -0.15) is 10.2 Å². The van der Waals surface area contributed by atoms with Gasteiger partial charge in [0.25, 0.3) is 0 Å². The third kappa shape index (κ3) is 6.24. The molecule has 10 heterocycles. The number of nitrogens with one attached hydrogen (secondary N) is 5. The van der Waals surface area contributed by atoms with Crippen LogP contribution >= 0.6 is 0 Å². The minimum absolute atomic E-state index is 0.138. The lowest BCUT2D eigenvalue weighted by atomic mass is 9.99. The van der Waals surface area contributed by atoms with E-state index in [9.17, 15) is 0 Å². The van der Waals surface area contributed by atoms with Crippen LogP contribution in [0.3, 0.4) is 0 Å². The molecule has 4 fully saturated rings. The van der Waals surface area contributed by atoms with Gasteiger partial charge in [0.2, 0.25) is 17.8 Å². The van der Waals surface area contributed by atoms with Crippen LogP contribution in [0.1, 0.15) is 51.4 Å². The predicted molar refractivity (Wildman–Crippen MR) is 222 cm³/mol. The van der Waals surface area contributed by atoms with Crippen molar-refractivity contribution in [3.8, 4) is 56.6 Å². The van der Waals surface area contributed by atoms with Gasteiger partial charge in [-0.25, -0.2) is 0 Å². The Hall–Kier alpha value is -6.66. The zero-order valence-corrected chi connectivity index (χ0v) is 33.2. The van der Waals surface area contributed by atoms with E-state index in [2.05, 4.69) is 81.4 Å². The summed E-state index contributed by atoms with van der Waals surface area (Å²) in [6.07, 6.45) is 16.9. The lowest BCUT2D eigenvalue weighted by Crippen LogP contribution is -2.43. The minimum atomic E-state index is 0.138. The van der Waals surface area contributed by atoms with Crippen LogP contribution in [0.5, 0.6) is 5.88 Å². The van der Waals surface area contributed by atoms with Crippen molar-refractivity contribution in [1.29, 1.82) is 0 Å². The fourth-order valence-corrected chi connectivity index (χ4v) is 10.1. The van der Waals surface area contributed by atoms with Gasteiger partial charge in [0, 0.05) is 78.5 Å². The Labute approximate surface area is 343 Å². The molecule has 60 heavy (non-hydrogen) atoms. The van der Waals surface area contributed by atoms with E-state index in [4.69, 9.17) is 20.0 Å². The number of aromatic amines is 2. The first kappa shape index (κ1) is 35.3. The monoisotopic (exact) mass is 802 g/mol. The summed E-state index contributed by atoms with van der Waals surface area (Å²) in [7, 11) is 3.73. The molecule has 2 unspecified atom stereocenters. The second-order valence-corrected chi connectivity index (χ2v) is 17.0. The average molecular weight is 803 g/mol. The van der Waals surface area contributed by atoms with Crippen LogP contribution in [-0.4, -0.2) is 102 Å². The van der Waals surface area contributed by atoms with E-state index < -0.39 is 0 Å². The molecule has 0 spiro atoms. The number of aromatic nitrogens is 14. The fourth-order valence-electron chi connectivity index (χ4n) is 10.1. The number of hydrogen-bond acceptors (Lipinski definition) is 13. The van der Waals surface area contributed by atoms with Gasteiger partial charge in [0.1, 0.15) is 40.1 Å². The molecule has 4 saturated heterocycles. The van der Waals surface area contributed by atoms with Gasteiger partial charge in [-0.05, 0) is 75.6 Å². The molecule has 18 nitrogen and oxygen atoms in total. The van der Waals surface area contributed by atoms with Crippen LogP contribution in [0.4, 0.5) is 5.82 Å². The number of nitrogens with zero attached hydrogens (tertiary/aromatic N) is 12.